The third-order valence-electron chi connectivity index (χ3n) is 3.78. The molecule has 1 fully saturated rings. The zero-order valence-corrected chi connectivity index (χ0v) is 12.7. The summed E-state index contributed by atoms with van der Waals surface area (Å²) in [6, 6.07) is 8.19. The predicted octanol–water partition coefficient (Wildman–Crippen LogP) is 0.0850. The molecule has 5 heteroatoms. The van der Waals surface area contributed by atoms with Gasteiger partial charge in [-0.05, 0) is 18.2 Å². The predicted molar refractivity (Wildman–Crippen MR) is 83.0 cm³/mol. The molecule has 0 atom stereocenters. The molecule has 1 aromatic carbocycles. The SMILES string of the molecule is CN(CCO)Cc1ccc(CC(=O)N2CCNCC2)cc1. The van der Waals surface area contributed by atoms with Crippen molar-refractivity contribution in [3.63, 3.8) is 0 Å². The van der Waals surface area contributed by atoms with Gasteiger partial charge in [0.05, 0.1) is 13.0 Å². The monoisotopic (exact) mass is 291 g/mol. The van der Waals surface area contributed by atoms with Crippen molar-refractivity contribution < 1.29 is 9.90 Å². The highest BCUT2D eigenvalue weighted by Gasteiger charge is 2.16. The first kappa shape index (κ1) is 15.9. The van der Waals surface area contributed by atoms with E-state index >= 15 is 0 Å². The lowest BCUT2D eigenvalue weighted by atomic mass is 10.1. The van der Waals surface area contributed by atoms with Crippen LogP contribution in [0.5, 0.6) is 0 Å². The Hall–Kier alpha value is -1.43. The quantitative estimate of drug-likeness (QED) is 0.780. The van der Waals surface area contributed by atoms with Gasteiger partial charge < -0.3 is 15.3 Å². The van der Waals surface area contributed by atoms with E-state index in [4.69, 9.17) is 5.11 Å². The molecule has 0 spiro atoms. The van der Waals surface area contributed by atoms with Crippen LogP contribution >= 0.6 is 0 Å². The number of piperazine rings is 1. The number of benzene rings is 1. The van der Waals surface area contributed by atoms with Crippen molar-refractivity contribution in [3.8, 4) is 0 Å². The van der Waals surface area contributed by atoms with Gasteiger partial charge in [-0.3, -0.25) is 9.69 Å². The van der Waals surface area contributed by atoms with Crippen LogP contribution in [0.15, 0.2) is 24.3 Å². The third kappa shape index (κ3) is 5.12. The van der Waals surface area contributed by atoms with Gasteiger partial charge in [0.15, 0.2) is 0 Å². The molecule has 0 bridgehead atoms. The first-order chi connectivity index (χ1) is 10.2. The lowest BCUT2D eigenvalue weighted by Crippen LogP contribution is -2.46. The smallest absolute Gasteiger partial charge is 0.227 e. The van der Waals surface area contributed by atoms with E-state index in [1.807, 2.05) is 24.1 Å². The second-order valence-corrected chi connectivity index (χ2v) is 5.59. The van der Waals surface area contributed by atoms with Gasteiger partial charge in [-0.25, -0.2) is 0 Å². The highest BCUT2D eigenvalue weighted by molar-refractivity contribution is 5.78. The van der Waals surface area contributed by atoms with Gasteiger partial charge in [0.1, 0.15) is 0 Å². The van der Waals surface area contributed by atoms with E-state index in [0.29, 0.717) is 13.0 Å². The van der Waals surface area contributed by atoms with Crippen molar-refractivity contribution in [3.05, 3.63) is 35.4 Å². The lowest BCUT2D eigenvalue weighted by Gasteiger charge is -2.27. The first-order valence-electron chi connectivity index (χ1n) is 7.55. The summed E-state index contributed by atoms with van der Waals surface area (Å²) in [6.45, 7) is 5.05. The van der Waals surface area contributed by atoms with Gasteiger partial charge in [0.2, 0.25) is 5.91 Å². The number of nitrogens with zero attached hydrogens (tertiary/aromatic N) is 2. The van der Waals surface area contributed by atoms with Gasteiger partial charge in [-0.2, -0.15) is 0 Å². The fourth-order valence-electron chi connectivity index (χ4n) is 2.52. The molecular weight excluding hydrogens is 266 g/mol. The van der Waals surface area contributed by atoms with Gasteiger partial charge in [0, 0.05) is 39.3 Å². The van der Waals surface area contributed by atoms with Gasteiger partial charge in [-0.15, -0.1) is 0 Å². The number of nitrogens with one attached hydrogen (secondary N) is 1. The minimum atomic E-state index is 0.174. The van der Waals surface area contributed by atoms with Crippen molar-refractivity contribution in [1.29, 1.82) is 0 Å². The van der Waals surface area contributed by atoms with Crippen molar-refractivity contribution in [2.75, 3.05) is 46.4 Å². The van der Waals surface area contributed by atoms with Crippen LogP contribution in [-0.4, -0.2) is 67.2 Å². The second-order valence-electron chi connectivity index (χ2n) is 5.59. The summed E-state index contributed by atoms with van der Waals surface area (Å²) in [5, 5.41) is 12.1. The standard InChI is InChI=1S/C16H25N3O2/c1-18(10-11-20)13-15-4-2-14(3-5-15)12-16(21)19-8-6-17-7-9-19/h2-5,17,20H,6-13H2,1H3. The topological polar surface area (TPSA) is 55.8 Å². The molecule has 2 rings (SSSR count). The van der Waals surface area contributed by atoms with Gasteiger partial charge in [0.25, 0.3) is 0 Å². The molecule has 1 aromatic rings. The van der Waals surface area contributed by atoms with Crippen LogP contribution in [0.3, 0.4) is 0 Å². The Labute approximate surface area is 126 Å². The minimum Gasteiger partial charge on any atom is -0.395 e. The summed E-state index contributed by atoms with van der Waals surface area (Å²) in [6.07, 6.45) is 0.479. The molecule has 1 aliphatic rings. The maximum Gasteiger partial charge on any atom is 0.227 e. The number of hydrogen-bond donors (Lipinski definition) is 2. The number of likely N-dealkylation sites (N-methyl/N-ethyl adjacent to an activating group) is 1. The van der Waals surface area contributed by atoms with Crippen LogP contribution in [0.4, 0.5) is 0 Å². The van der Waals surface area contributed by atoms with E-state index in [1.165, 1.54) is 5.56 Å². The first-order valence-corrected chi connectivity index (χ1v) is 7.55. The van der Waals surface area contributed by atoms with Crippen molar-refractivity contribution in [1.82, 2.24) is 15.1 Å². The van der Waals surface area contributed by atoms with Crippen molar-refractivity contribution in [2.45, 2.75) is 13.0 Å². The molecule has 2 N–H and O–H groups in total. The second kappa shape index (κ2) is 8.12. The maximum atomic E-state index is 12.2. The zero-order valence-electron chi connectivity index (χ0n) is 12.7. The highest BCUT2D eigenvalue weighted by atomic mass is 16.3. The van der Waals surface area contributed by atoms with Crippen LogP contribution < -0.4 is 5.32 Å². The number of hydrogen-bond acceptors (Lipinski definition) is 4. The van der Waals surface area contributed by atoms with Crippen LogP contribution in [0, 0.1) is 0 Å². The van der Waals surface area contributed by atoms with Gasteiger partial charge >= 0.3 is 0 Å². The molecular formula is C16H25N3O2. The summed E-state index contributed by atoms with van der Waals surface area (Å²) >= 11 is 0. The Morgan fingerprint density at radius 1 is 1.24 bits per heavy atom. The number of amides is 1. The lowest BCUT2D eigenvalue weighted by molar-refractivity contribution is -0.131. The third-order valence-corrected chi connectivity index (χ3v) is 3.78. The highest BCUT2D eigenvalue weighted by Crippen LogP contribution is 2.09. The van der Waals surface area contributed by atoms with E-state index in [9.17, 15) is 4.79 Å². The molecule has 116 valence electrons. The van der Waals surface area contributed by atoms with E-state index in [1.54, 1.807) is 0 Å². The molecule has 1 aliphatic heterocycles. The van der Waals surface area contributed by atoms with E-state index < -0.39 is 0 Å². The van der Waals surface area contributed by atoms with E-state index in [0.717, 1.165) is 38.3 Å². The molecule has 0 aromatic heterocycles. The molecule has 0 saturated carbocycles. The molecule has 0 radical (unpaired) electrons. The normalized spacial score (nSPS) is 15.5. The van der Waals surface area contributed by atoms with E-state index in [2.05, 4.69) is 22.3 Å². The number of carbonyl (C=O) groups excluding carboxylic acids is 1. The fourth-order valence-corrected chi connectivity index (χ4v) is 2.52. The molecule has 0 unspecified atom stereocenters. The maximum absolute atomic E-state index is 12.2. The summed E-state index contributed by atoms with van der Waals surface area (Å²) in [4.78, 5) is 16.2. The average Bonchev–Trinajstić information content (AvgIpc) is 2.50. The van der Waals surface area contributed by atoms with Crippen LogP contribution in [-0.2, 0) is 17.8 Å². The molecule has 21 heavy (non-hydrogen) atoms. The van der Waals surface area contributed by atoms with Crippen molar-refractivity contribution >= 4 is 5.91 Å². The zero-order chi connectivity index (χ0) is 15.1. The molecule has 5 nitrogen and oxygen atoms in total. The molecule has 0 aliphatic carbocycles. The number of aliphatic hydroxyl groups excluding tert-OH is 1. The van der Waals surface area contributed by atoms with Crippen LogP contribution in [0.2, 0.25) is 0 Å². The summed E-state index contributed by atoms with van der Waals surface area (Å²) in [5.41, 5.74) is 2.26. The Morgan fingerprint density at radius 3 is 2.48 bits per heavy atom. The number of aliphatic hydroxyl groups is 1. The molecule has 1 amide bonds. The Kier molecular flexibility index (Phi) is 6.17. The van der Waals surface area contributed by atoms with Gasteiger partial charge in [-0.1, -0.05) is 24.3 Å². The van der Waals surface area contributed by atoms with Crippen LogP contribution in [0.1, 0.15) is 11.1 Å². The van der Waals surface area contributed by atoms with E-state index in [-0.39, 0.29) is 12.5 Å². The Morgan fingerprint density at radius 2 is 1.86 bits per heavy atom. The average molecular weight is 291 g/mol. The summed E-state index contributed by atoms with van der Waals surface area (Å²) < 4.78 is 0. The summed E-state index contributed by atoms with van der Waals surface area (Å²) in [7, 11) is 1.98. The molecule has 1 heterocycles. The largest absolute Gasteiger partial charge is 0.395 e. The number of rotatable bonds is 6. The van der Waals surface area contributed by atoms with Crippen molar-refractivity contribution in [2.24, 2.45) is 0 Å². The summed E-state index contributed by atoms with van der Waals surface area (Å²) in [5.74, 6) is 0.210. The molecule has 1 saturated heterocycles. The Balaban J connectivity index is 1.85. The number of carbonyl (C=O) groups is 1. The minimum absolute atomic E-state index is 0.174. The van der Waals surface area contributed by atoms with Crippen LogP contribution in [0.25, 0.3) is 0 Å². The fraction of sp³-hybridized carbons (Fsp3) is 0.562. The Bertz CT molecular complexity index is 441.